The number of nitrogens with zero attached hydrogens (tertiary/aromatic N) is 1. The van der Waals surface area contributed by atoms with Gasteiger partial charge in [-0.2, -0.15) is 0 Å². The first-order valence-electron chi connectivity index (χ1n) is 8.27. The first-order valence-corrected chi connectivity index (χ1v) is 8.27. The second kappa shape index (κ2) is 9.41. The van der Waals surface area contributed by atoms with Gasteiger partial charge < -0.3 is 15.2 Å². The van der Waals surface area contributed by atoms with E-state index < -0.39 is 17.6 Å². The molecule has 140 valence electrons. The largest absolute Gasteiger partial charge is 0.457 e. The Morgan fingerprint density at radius 2 is 1.65 bits per heavy atom. The van der Waals surface area contributed by atoms with E-state index in [9.17, 15) is 9.59 Å². The minimum Gasteiger partial charge on any atom is -0.457 e. The van der Waals surface area contributed by atoms with Crippen LogP contribution in [0.5, 0.6) is 11.5 Å². The van der Waals surface area contributed by atoms with Crippen molar-refractivity contribution in [1.82, 2.24) is 4.98 Å². The van der Waals surface area contributed by atoms with Crippen molar-refractivity contribution < 1.29 is 19.1 Å². The topological polar surface area (TPSA) is 104 Å². The molecule has 2 rings (SSSR count). The summed E-state index contributed by atoms with van der Waals surface area (Å²) in [4.78, 5) is 26.6. The number of carbonyl (C=O) groups excluding carboxylic acids is 2. The summed E-state index contributed by atoms with van der Waals surface area (Å²) in [7, 11) is 0. The Bertz CT molecular complexity index is 737. The maximum atomic E-state index is 11.7. The van der Waals surface area contributed by atoms with Crippen LogP contribution < -0.4 is 15.8 Å². The van der Waals surface area contributed by atoms with Gasteiger partial charge in [-0.25, -0.2) is 4.79 Å². The molecule has 0 aliphatic carbocycles. The number of benzene rings is 1. The molecule has 7 heteroatoms. The molecule has 0 fully saturated rings. The fourth-order valence-electron chi connectivity index (χ4n) is 1.77. The van der Waals surface area contributed by atoms with Crippen molar-refractivity contribution >= 4 is 17.7 Å². The number of pyridine rings is 1. The molecule has 2 amide bonds. The number of ether oxygens (including phenoxy) is 2. The lowest BCUT2D eigenvalue weighted by Gasteiger charge is -2.19. The van der Waals surface area contributed by atoms with E-state index in [1.54, 1.807) is 51.1 Å². The molecule has 1 aromatic carbocycles. The molecule has 1 aromatic heterocycles. The summed E-state index contributed by atoms with van der Waals surface area (Å²) in [6.07, 6.45) is 0.907. The highest BCUT2D eigenvalue weighted by molar-refractivity contribution is 5.91. The molecular formula is C19H25N3O4. The minimum atomic E-state index is -0.627. The second-order valence-electron chi connectivity index (χ2n) is 5.99. The lowest BCUT2D eigenvalue weighted by molar-refractivity contribution is 0.0635. The summed E-state index contributed by atoms with van der Waals surface area (Å²) in [5.41, 5.74) is 5.31. The zero-order valence-electron chi connectivity index (χ0n) is 15.7. The fraction of sp³-hybridized carbons (Fsp3) is 0.316. The summed E-state index contributed by atoms with van der Waals surface area (Å²) in [6.45, 7) is 9.37. The van der Waals surface area contributed by atoms with Gasteiger partial charge in [0, 0.05) is 18.0 Å². The standard InChI is InChI=1S/C17H19N3O4.C2H6/c1-17(2,3)24-16(22)20-11-4-6-12(7-5-11)23-13-8-9-19-14(10-13)15(18)21;1-2/h4-10H,1-3H3,(H2,18,21)(H,20,22);1-2H3. The normalized spacial score (nSPS) is 10.2. The Kier molecular flexibility index (Phi) is 7.58. The number of carbonyl (C=O) groups is 2. The van der Waals surface area contributed by atoms with E-state index in [0.29, 0.717) is 17.2 Å². The van der Waals surface area contributed by atoms with Gasteiger partial charge in [0.25, 0.3) is 5.91 Å². The van der Waals surface area contributed by atoms with Gasteiger partial charge in [0.05, 0.1) is 0 Å². The van der Waals surface area contributed by atoms with Gasteiger partial charge in [-0.3, -0.25) is 15.1 Å². The third-order valence-electron chi connectivity index (χ3n) is 2.72. The Hall–Kier alpha value is -3.09. The van der Waals surface area contributed by atoms with Crippen molar-refractivity contribution in [1.29, 1.82) is 0 Å². The van der Waals surface area contributed by atoms with Gasteiger partial charge >= 0.3 is 6.09 Å². The lowest BCUT2D eigenvalue weighted by atomic mass is 10.2. The number of nitrogens with one attached hydrogen (secondary N) is 1. The van der Waals surface area contributed by atoms with E-state index in [1.165, 1.54) is 12.3 Å². The zero-order valence-corrected chi connectivity index (χ0v) is 15.7. The number of hydrogen-bond donors (Lipinski definition) is 2. The van der Waals surface area contributed by atoms with E-state index in [4.69, 9.17) is 15.2 Å². The maximum Gasteiger partial charge on any atom is 0.412 e. The molecule has 0 radical (unpaired) electrons. The Balaban J connectivity index is 0.00000163. The van der Waals surface area contributed by atoms with Crippen LogP contribution in [-0.4, -0.2) is 22.6 Å². The summed E-state index contributed by atoms with van der Waals surface area (Å²) >= 11 is 0. The van der Waals surface area contributed by atoms with Crippen LogP contribution in [0.15, 0.2) is 42.6 Å². The van der Waals surface area contributed by atoms with Crippen LogP contribution in [0, 0.1) is 0 Å². The minimum absolute atomic E-state index is 0.121. The van der Waals surface area contributed by atoms with Gasteiger partial charge in [0.2, 0.25) is 0 Å². The first kappa shape index (κ1) is 21.0. The molecule has 0 aliphatic heterocycles. The third kappa shape index (κ3) is 7.21. The molecule has 7 nitrogen and oxygen atoms in total. The molecule has 0 atom stereocenters. The number of amides is 2. The summed E-state index contributed by atoms with van der Waals surface area (Å²) in [5.74, 6) is 0.343. The van der Waals surface area contributed by atoms with E-state index in [1.807, 2.05) is 13.8 Å². The van der Waals surface area contributed by atoms with Gasteiger partial charge in [-0.15, -0.1) is 0 Å². The van der Waals surface area contributed by atoms with Crippen LogP contribution in [0.2, 0.25) is 0 Å². The predicted octanol–water partition coefficient (Wildman–Crippen LogP) is 4.35. The molecule has 0 saturated carbocycles. The summed E-state index contributed by atoms with van der Waals surface area (Å²) in [5, 5.41) is 2.63. The van der Waals surface area contributed by atoms with Gasteiger partial charge in [0.15, 0.2) is 0 Å². The molecule has 3 N–H and O–H groups in total. The third-order valence-corrected chi connectivity index (χ3v) is 2.72. The van der Waals surface area contributed by atoms with Crippen LogP contribution in [0.3, 0.4) is 0 Å². The Labute approximate surface area is 153 Å². The summed E-state index contributed by atoms with van der Waals surface area (Å²) < 4.78 is 10.8. The average molecular weight is 359 g/mol. The fourth-order valence-corrected chi connectivity index (χ4v) is 1.77. The predicted molar refractivity (Wildman–Crippen MR) is 100 cm³/mol. The highest BCUT2D eigenvalue weighted by Gasteiger charge is 2.16. The number of primary amides is 1. The van der Waals surface area contributed by atoms with E-state index in [0.717, 1.165) is 0 Å². The van der Waals surface area contributed by atoms with Crippen molar-refractivity contribution in [2.75, 3.05) is 5.32 Å². The van der Waals surface area contributed by atoms with Crippen molar-refractivity contribution in [3.8, 4) is 11.5 Å². The Morgan fingerprint density at radius 1 is 1.04 bits per heavy atom. The molecular weight excluding hydrogens is 334 g/mol. The van der Waals surface area contributed by atoms with Crippen LogP contribution in [0.4, 0.5) is 10.5 Å². The molecule has 0 spiro atoms. The number of hydrogen-bond acceptors (Lipinski definition) is 5. The number of aromatic nitrogens is 1. The molecule has 0 unspecified atom stereocenters. The number of anilines is 1. The Morgan fingerprint density at radius 3 is 2.19 bits per heavy atom. The highest BCUT2D eigenvalue weighted by atomic mass is 16.6. The quantitative estimate of drug-likeness (QED) is 0.845. The van der Waals surface area contributed by atoms with Crippen molar-refractivity contribution in [3.05, 3.63) is 48.3 Å². The van der Waals surface area contributed by atoms with Crippen molar-refractivity contribution in [2.24, 2.45) is 5.73 Å². The lowest BCUT2D eigenvalue weighted by Crippen LogP contribution is -2.27. The SMILES string of the molecule is CC.CC(C)(C)OC(=O)Nc1ccc(Oc2ccnc(C(N)=O)c2)cc1. The number of rotatable bonds is 4. The monoisotopic (exact) mass is 359 g/mol. The molecule has 1 heterocycles. The zero-order chi connectivity index (χ0) is 19.7. The van der Waals surface area contributed by atoms with E-state index >= 15 is 0 Å². The molecule has 0 saturated heterocycles. The summed E-state index contributed by atoms with van der Waals surface area (Å²) in [6, 6.07) is 9.77. The van der Waals surface area contributed by atoms with Gasteiger partial charge in [-0.05, 0) is 51.1 Å². The van der Waals surface area contributed by atoms with Gasteiger partial charge in [0.1, 0.15) is 22.8 Å². The molecule has 26 heavy (non-hydrogen) atoms. The maximum absolute atomic E-state index is 11.7. The highest BCUT2D eigenvalue weighted by Crippen LogP contribution is 2.23. The number of nitrogens with two attached hydrogens (primary N) is 1. The van der Waals surface area contributed by atoms with Crippen molar-refractivity contribution in [2.45, 2.75) is 40.2 Å². The second-order valence-corrected chi connectivity index (χ2v) is 5.99. The van der Waals surface area contributed by atoms with Crippen LogP contribution in [0.1, 0.15) is 45.1 Å². The van der Waals surface area contributed by atoms with Crippen LogP contribution in [-0.2, 0) is 4.74 Å². The first-order chi connectivity index (χ1) is 12.2. The van der Waals surface area contributed by atoms with Crippen LogP contribution >= 0.6 is 0 Å². The van der Waals surface area contributed by atoms with Crippen LogP contribution in [0.25, 0.3) is 0 Å². The van der Waals surface area contributed by atoms with E-state index in [-0.39, 0.29) is 5.69 Å². The molecule has 0 aliphatic rings. The van der Waals surface area contributed by atoms with E-state index in [2.05, 4.69) is 10.3 Å². The smallest absolute Gasteiger partial charge is 0.412 e. The average Bonchev–Trinajstić information content (AvgIpc) is 2.57. The molecule has 2 aromatic rings. The molecule has 0 bridgehead atoms. The van der Waals surface area contributed by atoms with Gasteiger partial charge in [-0.1, -0.05) is 13.8 Å². The van der Waals surface area contributed by atoms with Crippen molar-refractivity contribution in [3.63, 3.8) is 0 Å².